The fourth-order valence-electron chi connectivity index (χ4n) is 1.24. The summed E-state index contributed by atoms with van der Waals surface area (Å²) in [6.07, 6.45) is 0. The van der Waals surface area contributed by atoms with Gasteiger partial charge >= 0.3 is 5.97 Å². The first-order valence-electron chi connectivity index (χ1n) is 4.23. The van der Waals surface area contributed by atoms with Crippen molar-refractivity contribution < 1.29 is 9.90 Å². The van der Waals surface area contributed by atoms with Crippen LogP contribution in [0.4, 0.5) is 0 Å². The second kappa shape index (κ2) is 4.41. The van der Waals surface area contributed by atoms with Crippen LogP contribution >= 0.6 is 34.5 Å². The number of carbonyl (C=O) groups is 1. The van der Waals surface area contributed by atoms with E-state index < -0.39 is 5.97 Å². The van der Waals surface area contributed by atoms with Crippen LogP contribution in [0.2, 0.25) is 9.49 Å². The monoisotopic (exact) mass is 273 g/mol. The van der Waals surface area contributed by atoms with Crippen molar-refractivity contribution in [1.29, 1.82) is 0 Å². The Bertz CT molecular complexity index is 536. The highest BCUT2D eigenvalue weighted by Crippen LogP contribution is 2.31. The molecule has 2 rings (SSSR count). The smallest absolute Gasteiger partial charge is 0.348 e. The number of aromatic nitrogens is 1. The summed E-state index contributed by atoms with van der Waals surface area (Å²) in [5.41, 5.74) is 1.06. The van der Waals surface area contributed by atoms with E-state index in [-0.39, 0.29) is 9.34 Å². The first-order valence-corrected chi connectivity index (χ1v) is 5.80. The molecule has 16 heavy (non-hydrogen) atoms. The van der Waals surface area contributed by atoms with E-state index >= 15 is 0 Å². The third-order valence-corrected chi connectivity index (χ3v) is 3.31. The van der Waals surface area contributed by atoms with Crippen LogP contribution in [0.3, 0.4) is 0 Å². The van der Waals surface area contributed by atoms with Gasteiger partial charge in [0.05, 0.1) is 5.69 Å². The number of carboxylic acid groups (broad SMARTS) is 1. The normalized spacial score (nSPS) is 10.4. The van der Waals surface area contributed by atoms with Gasteiger partial charge in [-0.15, -0.1) is 0 Å². The highest BCUT2D eigenvalue weighted by molar-refractivity contribution is 7.17. The van der Waals surface area contributed by atoms with E-state index in [9.17, 15) is 4.79 Å². The van der Waals surface area contributed by atoms with E-state index in [1.54, 1.807) is 24.3 Å². The van der Waals surface area contributed by atoms with Gasteiger partial charge in [-0.2, -0.15) is 0 Å². The average molecular weight is 274 g/mol. The largest absolute Gasteiger partial charge is 0.477 e. The third-order valence-electron chi connectivity index (χ3n) is 1.91. The standard InChI is InChI=1S/C10H5Cl2NO2S/c11-6-3-1-5(2-4-6)7-8(9(14)15)16-10(12)13-7/h1-4H,(H,14,15). The number of hydrogen-bond donors (Lipinski definition) is 1. The summed E-state index contributed by atoms with van der Waals surface area (Å²) in [4.78, 5) is 15.1. The summed E-state index contributed by atoms with van der Waals surface area (Å²) in [6.45, 7) is 0. The van der Waals surface area contributed by atoms with Crippen LogP contribution in [0.25, 0.3) is 11.3 Å². The maximum absolute atomic E-state index is 11.0. The Morgan fingerprint density at radius 1 is 1.25 bits per heavy atom. The molecule has 0 saturated heterocycles. The average Bonchev–Trinajstić information content (AvgIpc) is 2.61. The van der Waals surface area contributed by atoms with Crippen LogP contribution in [-0.4, -0.2) is 16.1 Å². The summed E-state index contributed by atoms with van der Waals surface area (Å²) in [5, 5.41) is 9.57. The molecule has 0 atom stereocenters. The van der Waals surface area contributed by atoms with Crippen molar-refractivity contribution >= 4 is 40.5 Å². The second-order valence-electron chi connectivity index (χ2n) is 2.96. The summed E-state index contributed by atoms with van der Waals surface area (Å²) in [7, 11) is 0. The van der Waals surface area contributed by atoms with E-state index in [0.717, 1.165) is 11.3 Å². The lowest BCUT2D eigenvalue weighted by Crippen LogP contribution is -1.95. The molecule has 0 fully saturated rings. The molecule has 0 amide bonds. The molecule has 0 aliphatic rings. The molecule has 0 aliphatic heterocycles. The Balaban J connectivity index is 2.55. The van der Waals surface area contributed by atoms with E-state index in [2.05, 4.69) is 4.98 Å². The lowest BCUT2D eigenvalue weighted by atomic mass is 10.1. The van der Waals surface area contributed by atoms with Crippen molar-refractivity contribution in [1.82, 2.24) is 4.98 Å². The molecule has 0 bridgehead atoms. The fourth-order valence-corrected chi connectivity index (χ4v) is 2.34. The highest BCUT2D eigenvalue weighted by atomic mass is 35.5. The summed E-state index contributed by atoms with van der Waals surface area (Å²) in [6, 6.07) is 6.77. The molecule has 1 N–H and O–H groups in total. The van der Waals surface area contributed by atoms with Crippen LogP contribution in [0.5, 0.6) is 0 Å². The molecule has 0 saturated carbocycles. The van der Waals surface area contributed by atoms with Gasteiger partial charge < -0.3 is 5.11 Å². The van der Waals surface area contributed by atoms with Crippen molar-refractivity contribution in [2.24, 2.45) is 0 Å². The number of benzene rings is 1. The number of hydrogen-bond acceptors (Lipinski definition) is 3. The number of thiazole rings is 1. The highest BCUT2D eigenvalue weighted by Gasteiger charge is 2.17. The quantitative estimate of drug-likeness (QED) is 0.905. The fraction of sp³-hybridized carbons (Fsp3) is 0. The Hall–Kier alpha value is -1.10. The summed E-state index contributed by atoms with van der Waals surface area (Å²) in [5.74, 6) is -1.03. The number of nitrogens with zero attached hydrogens (tertiary/aromatic N) is 1. The molecule has 1 aromatic carbocycles. The first-order chi connectivity index (χ1) is 7.58. The predicted molar refractivity (Wildman–Crippen MR) is 64.5 cm³/mol. The summed E-state index contributed by atoms with van der Waals surface area (Å²) >= 11 is 12.4. The first kappa shape index (κ1) is 11.4. The molecular formula is C10H5Cl2NO2S. The van der Waals surface area contributed by atoms with Gasteiger partial charge in [0, 0.05) is 10.6 Å². The number of rotatable bonds is 2. The summed E-state index contributed by atoms with van der Waals surface area (Å²) < 4.78 is 0.211. The van der Waals surface area contributed by atoms with Crippen molar-refractivity contribution in [2.45, 2.75) is 0 Å². The molecule has 0 unspecified atom stereocenters. The zero-order valence-corrected chi connectivity index (χ0v) is 10.1. The minimum atomic E-state index is -1.03. The van der Waals surface area contributed by atoms with Crippen LogP contribution < -0.4 is 0 Å². The molecule has 3 nitrogen and oxygen atoms in total. The van der Waals surface area contributed by atoms with Crippen molar-refractivity contribution in [2.75, 3.05) is 0 Å². The Kier molecular flexibility index (Phi) is 3.14. The number of aromatic carboxylic acids is 1. The molecule has 1 heterocycles. The molecule has 1 aromatic heterocycles. The Labute approximate surface area is 105 Å². The third kappa shape index (κ3) is 2.19. The molecule has 6 heteroatoms. The Morgan fingerprint density at radius 3 is 2.44 bits per heavy atom. The molecule has 82 valence electrons. The van der Waals surface area contributed by atoms with Gasteiger partial charge in [0.1, 0.15) is 4.88 Å². The minimum Gasteiger partial charge on any atom is -0.477 e. The lowest BCUT2D eigenvalue weighted by molar-refractivity contribution is 0.0702. The van der Waals surface area contributed by atoms with Crippen LogP contribution in [-0.2, 0) is 0 Å². The van der Waals surface area contributed by atoms with E-state index in [0.29, 0.717) is 16.3 Å². The molecular weight excluding hydrogens is 269 g/mol. The topological polar surface area (TPSA) is 50.2 Å². The van der Waals surface area contributed by atoms with Crippen molar-refractivity contribution in [3.05, 3.63) is 38.6 Å². The molecule has 0 radical (unpaired) electrons. The van der Waals surface area contributed by atoms with Gasteiger partial charge in [0.15, 0.2) is 4.47 Å². The maximum Gasteiger partial charge on any atom is 0.348 e. The van der Waals surface area contributed by atoms with E-state index in [1.807, 2.05) is 0 Å². The van der Waals surface area contributed by atoms with Crippen LogP contribution in [0, 0.1) is 0 Å². The van der Waals surface area contributed by atoms with E-state index in [1.165, 1.54) is 0 Å². The van der Waals surface area contributed by atoms with Gasteiger partial charge in [-0.1, -0.05) is 46.7 Å². The van der Waals surface area contributed by atoms with Gasteiger partial charge in [0.2, 0.25) is 0 Å². The number of carboxylic acids is 1. The van der Waals surface area contributed by atoms with E-state index in [4.69, 9.17) is 28.3 Å². The maximum atomic E-state index is 11.0. The van der Waals surface area contributed by atoms with Crippen molar-refractivity contribution in [3.63, 3.8) is 0 Å². The van der Waals surface area contributed by atoms with Gasteiger partial charge in [-0.3, -0.25) is 0 Å². The molecule has 0 spiro atoms. The lowest BCUT2D eigenvalue weighted by Gasteiger charge is -1.98. The van der Waals surface area contributed by atoms with Crippen molar-refractivity contribution in [3.8, 4) is 11.3 Å². The SMILES string of the molecule is O=C(O)c1sc(Cl)nc1-c1ccc(Cl)cc1. The molecule has 0 aliphatic carbocycles. The number of halogens is 2. The predicted octanol–water partition coefficient (Wildman–Crippen LogP) is 3.82. The van der Waals surface area contributed by atoms with Crippen LogP contribution in [0.1, 0.15) is 9.67 Å². The van der Waals surface area contributed by atoms with Gasteiger partial charge in [-0.25, -0.2) is 9.78 Å². The second-order valence-corrected chi connectivity index (χ2v) is 4.97. The zero-order valence-electron chi connectivity index (χ0n) is 7.78. The van der Waals surface area contributed by atoms with Crippen LogP contribution in [0.15, 0.2) is 24.3 Å². The zero-order chi connectivity index (χ0) is 11.7. The Morgan fingerprint density at radius 2 is 1.88 bits per heavy atom. The minimum absolute atomic E-state index is 0.132. The van der Waals surface area contributed by atoms with Gasteiger partial charge in [0.25, 0.3) is 0 Å². The molecule has 2 aromatic rings. The van der Waals surface area contributed by atoms with Gasteiger partial charge in [-0.05, 0) is 12.1 Å².